The molecule has 0 spiro atoms. The molecule has 1 heterocycles. The van der Waals surface area contributed by atoms with Gasteiger partial charge >= 0.3 is 0 Å². The number of hydrogen-bond donors (Lipinski definition) is 1. The molecule has 4 heteroatoms. The summed E-state index contributed by atoms with van der Waals surface area (Å²) in [7, 11) is 0. The molecule has 1 aromatic heterocycles. The third-order valence-electron chi connectivity index (χ3n) is 4.03. The summed E-state index contributed by atoms with van der Waals surface area (Å²) in [6.07, 6.45) is 4.39. The fourth-order valence-electron chi connectivity index (χ4n) is 2.74. The first-order chi connectivity index (χ1) is 8.51. The molecule has 0 aromatic carbocycles. The molecule has 3 nitrogen and oxygen atoms in total. The van der Waals surface area contributed by atoms with Crippen molar-refractivity contribution in [2.45, 2.75) is 53.1 Å². The summed E-state index contributed by atoms with van der Waals surface area (Å²) in [6, 6.07) is 0.428. The van der Waals surface area contributed by atoms with Crippen molar-refractivity contribution in [1.82, 2.24) is 15.1 Å². The Labute approximate surface area is 118 Å². The molecule has 1 aromatic rings. The van der Waals surface area contributed by atoms with E-state index in [9.17, 15) is 0 Å². The van der Waals surface area contributed by atoms with E-state index in [0.717, 1.165) is 23.5 Å². The maximum atomic E-state index is 4.45. The van der Waals surface area contributed by atoms with Crippen LogP contribution in [0.5, 0.6) is 0 Å². The number of nitrogens with zero attached hydrogens (tertiary/aromatic N) is 2. The topological polar surface area (TPSA) is 29.9 Å². The summed E-state index contributed by atoms with van der Waals surface area (Å²) < 4.78 is 3.26. The molecule has 2 atom stereocenters. The van der Waals surface area contributed by atoms with Gasteiger partial charge in [-0.1, -0.05) is 20.8 Å². The quantitative estimate of drug-likeness (QED) is 0.866. The molecular weight excluding hydrogens is 290 g/mol. The van der Waals surface area contributed by atoms with E-state index in [1.807, 2.05) is 6.20 Å². The van der Waals surface area contributed by atoms with Crippen LogP contribution >= 0.6 is 15.9 Å². The minimum Gasteiger partial charge on any atom is -0.308 e. The van der Waals surface area contributed by atoms with Gasteiger partial charge in [-0.15, -0.1) is 0 Å². The highest BCUT2D eigenvalue weighted by molar-refractivity contribution is 9.10. The molecule has 0 amide bonds. The highest BCUT2D eigenvalue weighted by Crippen LogP contribution is 2.58. The molecule has 0 bridgehead atoms. The number of aryl methyl sites for hydroxylation is 1. The number of aromatic nitrogens is 2. The Hall–Kier alpha value is -0.350. The minimum absolute atomic E-state index is 0.428. The Kier molecular flexibility index (Phi) is 4.17. The average molecular weight is 314 g/mol. The van der Waals surface area contributed by atoms with E-state index in [1.165, 1.54) is 18.5 Å². The zero-order valence-corrected chi connectivity index (χ0v) is 13.4. The van der Waals surface area contributed by atoms with Gasteiger partial charge in [-0.2, -0.15) is 5.10 Å². The van der Waals surface area contributed by atoms with Gasteiger partial charge in [0, 0.05) is 6.54 Å². The Balaban J connectivity index is 2.25. The molecule has 1 saturated carbocycles. The normalized spacial score (nSPS) is 23.1. The second kappa shape index (κ2) is 5.33. The molecule has 1 fully saturated rings. The van der Waals surface area contributed by atoms with Gasteiger partial charge in [0.25, 0.3) is 0 Å². The zero-order chi connectivity index (χ0) is 13.3. The van der Waals surface area contributed by atoms with Crippen LogP contribution in [0.3, 0.4) is 0 Å². The van der Waals surface area contributed by atoms with Crippen molar-refractivity contribution in [1.29, 1.82) is 0 Å². The summed E-state index contributed by atoms with van der Waals surface area (Å²) in [4.78, 5) is 0. The Morgan fingerprint density at radius 2 is 2.22 bits per heavy atom. The molecule has 1 N–H and O–H groups in total. The largest absolute Gasteiger partial charge is 0.308 e. The fraction of sp³-hybridized carbons (Fsp3) is 0.786. The van der Waals surface area contributed by atoms with Gasteiger partial charge in [-0.05, 0) is 53.6 Å². The number of halogens is 1. The zero-order valence-electron chi connectivity index (χ0n) is 11.8. The van der Waals surface area contributed by atoms with E-state index >= 15 is 0 Å². The van der Waals surface area contributed by atoms with Crippen LogP contribution in [0.2, 0.25) is 0 Å². The second-order valence-corrected chi connectivity index (χ2v) is 6.78. The van der Waals surface area contributed by atoms with Crippen molar-refractivity contribution < 1.29 is 0 Å². The van der Waals surface area contributed by atoms with Crippen LogP contribution in [0.25, 0.3) is 0 Å². The third-order valence-corrected chi connectivity index (χ3v) is 4.64. The smallest absolute Gasteiger partial charge is 0.0698 e. The van der Waals surface area contributed by atoms with E-state index in [1.54, 1.807) is 0 Å². The lowest BCUT2D eigenvalue weighted by Gasteiger charge is -2.22. The van der Waals surface area contributed by atoms with E-state index in [2.05, 4.69) is 58.7 Å². The van der Waals surface area contributed by atoms with Gasteiger partial charge in [-0.25, -0.2) is 0 Å². The molecule has 18 heavy (non-hydrogen) atoms. The maximum Gasteiger partial charge on any atom is 0.0698 e. The summed E-state index contributed by atoms with van der Waals surface area (Å²) in [6.45, 7) is 11.1. The number of nitrogens with one attached hydrogen (secondary N) is 1. The molecule has 1 aliphatic carbocycles. The lowest BCUT2D eigenvalue weighted by molar-refractivity contribution is 0.389. The molecule has 2 rings (SSSR count). The minimum atomic E-state index is 0.428. The summed E-state index contributed by atoms with van der Waals surface area (Å²) in [5.74, 6) is 0.724. The third kappa shape index (κ3) is 2.64. The van der Waals surface area contributed by atoms with Crippen molar-refractivity contribution in [2.24, 2.45) is 11.3 Å². The Morgan fingerprint density at radius 1 is 1.56 bits per heavy atom. The predicted octanol–water partition coefficient (Wildman–Crippen LogP) is 3.75. The van der Waals surface area contributed by atoms with Crippen molar-refractivity contribution in [3.63, 3.8) is 0 Å². The predicted molar refractivity (Wildman–Crippen MR) is 78.5 cm³/mol. The van der Waals surface area contributed by atoms with Gasteiger partial charge in [0.1, 0.15) is 0 Å². The highest BCUT2D eigenvalue weighted by atomic mass is 79.9. The first-order valence-electron chi connectivity index (χ1n) is 6.95. The van der Waals surface area contributed by atoms with Crippen molar-refractivity contribution in [3.05, 3.63) is 16.4 Å². The fourth-order valence-corrected chi connectivity index (χ4v) is 3.28. The van der Waals surface area contributed by atoms with Crippen LogP contribution in [0.15, 0.2) is 10.7 Å². The molecular formula is C14H24BrN3. The number of hydrogen-bond acceptors (Lipinski definition) is 2. The molecule has 0 saturated heterocycles. The molecule has 0 aliphatic heterocycles. The molecule has 102 valence electrons. The van der Waals surface area contributed by atoms with Crippen molar-refractivity contribution in [3.8, 4) is 0 Å². The van der Waals surface area contributed by atoms with E-state index in [-0.39, 0.29) is 0 Å². The van der Waals surface area contributed by atoms with Gasteiger partial charge < -0.3 is 5.32 Å². The van der Waals surface area contributed by atoms with Crippen LogP contribution in [-0.4, -0.2) is 16.3 Å². The van der Waals surface area contributed by atoms with E-state index in [4.69, 9.17) is 0 Å². The van der Waals surface area contributed by atoms with E-state index < -0.39 is 0 Å². The van der Waals surface area contributed by atoms with Crippen LogP contribution in [0.1, 0.15) is 52.3 Å². The molecule has 1 aliphatic rings. The molecule has 0 radical (unpaired) electrons. The second-order valence-electron chi connectivity index (χ2n) is 5.92. The van der Waals surface area contributed by atoms with Gasteiger partial charge in [0.05, 0.1) is 22.4 Å². The van der Waals surface area contributed by atoms with Crippen LogP contribution in [-0.2, 0) is 6.54 Å². The first-order valence-corrected chi connectivity index (χ1v) is 7.75. The SMILES string of the molecule is CCCNC(c1c(Br)cnn1CC)C1CC1(C)C. The van der Waals surface area contributed by atoms with Crippen LogP contribution < -0.4 is 5.32 Å². The summed E-state index contributed by atoms with van der Waals surface area (Å²) in [5, 5.41) is 8.17. The monoisotopic (exact) mass is 313 g/mol. The van der Waals surface area contributed by atoms with Crippen molar-refractivity contribution >= 4 is 15.9 Å². The maximum absolute atomic E-state index is 4.45. The molecule has 2 unspecified atom stereocenters. The lowest BCUT2D eigenvalue weighted by Crippen LogP contribution is -2.28. The van der Waals surface area contributed by atoms with Crippen LogP contribution in [0.4, 0.5) is 0 Å². The Bertz CT molecular complexity index is 411. The van der Waals surface area contributed by atoms with Crippen LogP contribution in [0, 0.1) is 11.3 Å². The lowest BCUT2D eigenvalue weighted by atomic mass is 10.0. The van der Waals surface area contributed by atoms with Gasteiger partial charge in [0.2, 0.25) is 0 Å². The standard InChI is InChI=1S/C14H24BrN3/c1-5-7-16-12(10-8-14(10,3)4)13-11(15)9-17-18(13)6-2/h9-10,12,16H,5-8H2,1-4H3. The Morgan fingerprint density at radius 3 is 2.72 bits per heavy atom. The van der Waals surface area contributed by atoms with Crippen molar-refractivity contribution in [2.75, 3.05) is 6.54 Å². The summed E-state index contributed by atoms with van der Waals surface area (Å²) >= 11 is 3.66. The van der Waals surface area contributed by atoms with E-state index in [0.29, 0.717) is 11.5 Å². The average Bonchev–Trinajstić information content (AvgIpc) is 2.79. The summed E-state index contributed by atoms with van der Waals surface area (Å²) in [5.41, 5.74) is 1.79. The first kappa shape index (κ1) is 14.1. The highest BCUT2D eigenvalue weighted by Gasteiger charge is 2.51. The van der Waals surface area contributed by atoms with Gasteiger partial charge in [-0.3, -0.25) is 4.68 Å². The van der Waals surface area contributed by atoms with Gasteiger partial charge in [0.15, 0.2) is 0 Å². The number of rotatable bonds is 6.